The second-order valence-corrected chi connectivity index (χ2v) is 6.44. The third-order valence-electron chi connectivity index (χ3n) is 4.27. The van der Waals surface area contributed by atoms with Crippen molar-refractivity contribution in [3.05, 3.63) is 62.6 Å². The van der Waals surface area contributed by atoms with Gasteiger partial charge in [0.05, 0.1) is 0 Å². The molecule has 0 aliphatic rings. The van der Waals surface area contributed by atoms with Crippen molar-refractivity contribution in [2.75, 3.05) is 0 Å². The van der Waals surface area contributed by atoms with Gasteiger partial charge in [0.2, 0.25) is 5.78 Å². The Kier molecular flexibility index (Phi) is 6.08. The molecule has 2 rings (SSSR count). The summed E-state index contributed by atoms with van der Waals surface area (Å²) in [6, 6.07) is 6.35. The van der Waals surface area contributed by atoms with Crippen LogP contribution in [0, 0.1) is 20.8 Å². The van der Waals surface area contributed by atoms with Crippen LogP contribution in [-0.4, -0.2) is 27.6 Å². The Bertz CT molecular complexity index is 899. The molecule has 26 heavy (non-hydrogen) atoms. The van der Waals surface area contributed by atoms with Crippen molar-refractivity contribution in [2.45, 2.75) is 53.7 Å². The van der Waals surface area contributed by atoms with Crippen LogP contribution in [0.2, 0.25) is 0 Å². The number of esters is 1. The van der Waals surface area contributed by atoms with E-state index >= 15 is 0 Å². The van der Waals surface area contributed by atoms with E-state index in [0.29, 0.717) is 18.5 Å². The fourth-order valence-corrected chi connectivity index (χ4v) is 2.65. The van der Waals surface area contributed by atoms with Gasteiger partial charge in [-0.15, -0.1) is 0 Å². The standard InChI is InChI=1S/C20H24N2O4/c1-6-9-22-18(23)8-7-17(21-22)20(25)26-15(5)19(24)16-11-13(3)12(2)10-14(16)4/h7-8,10-11,15H,6,9H2,1-5H3. The minimum Gasteiger partial charge on any atom is -0.449 e. The van der Waals surface area contributed by atoms with Crippen LogP contribution in [0.25, 0.3) is 0 Å². The smallest absolute Gasteiger partial charge is 0.359 e. The van der Waals surface area contributed by atoms with Crippen molar-refractivity contribution in [1.82, 2.24) is 9.78 Å². The first kappa shape index (κ1) is 19.6. The maximum absolute atomic E-state index is 12.7. The van der Waals surface area contributed by atoms with E-state index in [1.807, 2.05) is 39.8 Å². The topological polar surface area (TPSA) is 78.3 Å². The first-order chi connectivity index (χ1) is 12.2. The number of Topliss-reactive ketones (excluding diaryl/α,β-unsaturated/α-hetero) is 1. The van der Waals surface area contributed by atoms with Gasteiger partial charge < -0.3 is 4.74 Å². The first-order valence-electron chi connectivity index (χ1n) is 8.65. The molecule has 1 unspecified atom stereocenters. The number of hydrogen-bond donors (Lipinski definition) is 0. The lowest BCUT2D eigenvalue weighted by atomic mass is 9.96. The number of hydrogen-bond acceptors (Lipinski definition) is 5. The predicted molar refractivity (Wildman–Crippen MR) is 98.6 cm³/mol. The molecule has 1 atom stereocenters. The second-order valence-electron chi connectivity index (χ2n) is 6.44. The van der Waals surface area contributed by atoms with Crippen molar-refractivity contribution in [3.8, 4) is 0 Å². The average Bonchev–Trinajstić information content (AvgIpc) is 2.59. The number of aromatic nitrogens is 2. The summed E-state index contributed by atoms with van der Waals surface area (Å²) in [6.07, 6.45) is -0.233. The Morgan fingerprint density at radius 1 is 1.12 bits per heavy atom. The van der Waals surface area contributed by atoms with Gasteiger partial charge in [-0.25, -0.2) is 9.48 Å². The van der Waals surface area contributed by atoms with Gasteiger partial charge in [-0.1, -0.05) is 13.0 Å². The number of rotatable bonds is 6. The summed E-state index contributed by atoms with van der Waals surface area (Å²) in [6.45, 7) is 9.63. The second kappa shape index (κ2) is 8.08. The van der Waals surface area contributed by atoms with Gasteiger partial charge in [0.1, 0.15) is 0 Å². The lowest BCUT2D eigenvalue weighted by Crippen LogP contribution is -2.28. The van der Waals surface area contributed by atoms with Crippen LogP contribution in [0.15, 0.2) is 29.1 Å². The van der Waals surface area contributed by atoms with Crippen LogP contribution in [0.1, 0.15) is 57.8 Å². The first-order valence-corrected chi connectivity index (χ1v) is 8.65. The molecule has 6 nitrogen and oxygen atoms in total. The molecule has 0 amide bonds. The summed E-state index contributed by atoms with van der Waals surface area (Å²) in [5.74, 6) is -0.988. The number of ether oxygens (including phenoxy) is 1. The molecule has 0 bridgehead atoms. The van der Waals surface area contributed by atoms with Crippen LogP contribution in [0.3, 0.4) is 0 Å². The largest absolute Gasteiger partial charge is 0.449 e. The molecule has 0 saturated heterocycles. The van der Waals surface area contributed by atoms with Crippen LogP contribution < -0.4 is 5.56 Å². The van der Waals surface area contributed by atoms with E-state index in [2.05, 4.69) is 5.10 Å². The molecule has 0 aliphatic heterocycles. The summed E-state index contributed by atoms with van der Waals surface area (Å²) in [5.41, 5.74) is 3.22. The van der Waals surface area contributed by atoms with Gasteiger partial charge in [-0.2, -0.15) is 5.10 Å². The molecule has 2 aromatic rings. The molecule has 1 aromatic carbocycles. The quantitative estimate of drug-likeness (QED) is 0.587. The van der Waals surface area contributed by atoms with Crippen LogP contribution in [0.4, 0.5) is 0 Å². The minimum absolute atomic E-state index is 0.00880. The van der Waals surface area contributed by atoms with Crippen molar-refractivity contribution in [3.63, 3.8) is 0 Å². The van der Waals surface area contributed by atoms with Gasteiger partial charge in [-0.3, -0.25) is 9.59 Å². The summed E-state index contributed by atoms with van der Waals surface area (Å²) < 4.78 is 6.50. The number of aryl methyl sites for hydroxylation is 4. The normalized spacial score (nSPS) is 11.9. The fourth-order valence-electron chi connectivity index (χ4n) is 2.65. The van der Waals surface area contributed by atoms with E-state index in [4.69, 9.17) is 4.74 Å². The number of carbonyl (C=O) groups excluding carboxylic acids is 2. The van der Waals surface area contributed by atoms with Crippen LogP contribution in [0.5, 0.6) is 0 Å². The maximum atomic E-state index is 12.7. The van der Waals surface area contributed by atoms with Gasteiger partial charge in [0, 0.05) is 18.2 Å². The van der Waals surface area contributed by atoms with Gasteiger partial charge in [0.25, 0.3) is 5.56 Å². The molecular weight excluding hydrogens is 332 g/mol. The minimum atomic E-state index is -0.948. The Hall–Kier alpha value is -2.76. The Morgan fingerprint density at radius 2 is 1.77 bits per heavy atom. The summed E-state index contributed by atoms with van der Waals surface area (Å²) in [4.78, 5) is 36.7. The SMILES string of the molecule is CCCn1nc(C(=O)OC(C)C(=O)c2cc(C)c(C)cc2C)ccc1=O. The molecule has 0 aliphatic carbocycles. The zero-order chi connectivity index (χ0) is 19.4. The number of ketones is 1. The molecule has 1 heterocycles. The van der Waals surface area contributed by atoms with Gasteiger partial charge in [0.15, 0.2) is 11.8 Å². The zero-order valence-corrected chi connectivity index (χ0v) is 15.8. The fraction of sp³-hybridized carbons (Fsp3) is 0.400. The van der Waals surface area contributed by atoms with Crippen molar-refractivity contribution in [1.29, 1.82) is 0 Å². The highest BCUT2D eigenvalue weighted by atomic mass is 16.5. The molecule has 138 valence electrons. The van der Waals surface area contributed by atoms with Crippen molar-refractivity contribution < 1.29 is 14.3 Å². The molecule has 0 saturated carbocycles. The molecule has 0 radical (unpaired) electrons. The molecule has 6 heteroatoms. The van der Waals surface area contributed by atoms with Gasteiger partial charge in [-0.05, 0) is 62.9 Å². The Balaban J connectivity index is 2.19. The van der Waals surface area contributed by atoms with Crippen LogP contribution >= 0.6 is 0 Å². The van der Waals surface area contributed by atoms with E-state index in [1.54, 1.807) is 0 Å². The van der Waals surface area contributed by atoms with Gasteiger partial charge >= 0.3 is 5.97 Å². The molecule has 1 aromatic heterocycles. The van der Waals surface area contributed by atoms with Crippen molar-refractivity contribution in [2.24, 2.45) is 0 Å². The zero-order valence-electron chi connectivity index (χ0n) is 15.8. The number of benzene rings is 1. The highest BCUT2D eigenvalue weighted by Crippen LogP contribution is 2.18. The highest BCUT2D eigenvalue weighted by Gasteiger charge is 2.23. The Labute approximate surface area is 152 Å². The molecule has 0 fully saturated rings. The Morgan fingerprint density at radius 3 is 2.42 bits per heavy atom. The summed E-state index contributed by atoms with van der Waals surface area (Å²) >= 11 is 0. The molecule has 0 N–H and O–H groups in total. The number of nitrogens with zero attached hydrogens (tertiary/aromatic N) is 2. The maximum Gasteiger partial charge on any atom is 0.359 e. The van der Waals surface area contributed by atoms with E-state index in [0.717, 1.165) is 16.7 Å². The predicted octanol–water partition coefficient (Wildman–Crippen LogP) is 3.01. The lowest BCUT2D eigenvalue weighted by molar-refractivity contribution is 0.0310. The monoisotopic (exact) mass is 356 g/mol. The number of carbonyl (C=O) groups is 2. The van der Waals surface area contributed by atoms with Crippen molar-refractivity contribution >= 4 is 11.8 Å². The molecule has 0 spiro atoms. The lowest BCUT2D eigenvalue weighted by Gasteiger charge is -2.15. The van der Waals surface area contributed by atoms with E-state index in [-0.39, 0.29) is 17.0 Å². The molecular formula is C20H24N2O4. The van der Waals surface area contributed by atoms with Crippen LogP contribution in [-0.2, 0) is 11.3 Å². The van der Waals surface area contributed by atoms with E-state index in [1.165, 1.54) is 23.7 Å². The third-order valence-corrected chi connectivity index (χ3v) is 4.27. The van der Waals surface area contributed by atoms with E-state index < -0.39 is 12.1 Å². The highest BCUT2D eigenvalue weighted by molar-refractivity contribution is 6.02. The average molecular weight is 356 g/mol. The van der Waals surface area contributed by atoms with E-state index in [9.17, 15) is 14.4 Å². The third kappa shape index (κ3) is 4.25. The summed E-state index contributed by atoms with van der Waals surface area (Å²) in [5, 5.41) is 4.01. The summed E-state index contributed by atoms with van der Waals surface area (Å²) in [7, 11) is 0.